The van der Waals surface area contributed by atoms with Gasteiger partial charge in [-0.05, 0) is 49.2 Å². The van der Waals surface area contributed by atoms with E-state index < -0.39 is 11.7 Å². The van der Waals surface area contributed by atoms with Crippen LogP contribution in [0.1, 0.15) is 23.2 Å². The number of anilines is 1. The molecule has 9 heteroatoms. The Morgan fingerprint density at radius 1 is 1.03 bits per heavy atom. The molecular weight excluding hydrogens is 440 g/mol. The largest absolute Gasteiger partial charge is 0.349 e. The molecule has 2 N–H and O–H groups in total. The fourth-order valence-corrected chi connectivity index (χ4v) is 3.21. The number of amides is 2. The summed E-state index contributed by atoms with van der Waals surface area (Å²) in [5.74, 6) is -1.01. The second-order valence-electron chi connectivity index (χ2n) is 6.56. The molecule has 2 amide bonds. The lowest BCUT2D eigenvalue weighted by Crippen LogP contribution is -2.46. The minimum Gasteiger partial charge on any atom is -0.349 e. The van der Waals surface area contributed by atoms with Crippen LogP contribution in [0.4, 0.5) is 10.1 Å². The molecule has 2 aromatic rings. The van der Waals surface area contributed by atoms with Crippen LogP contribution in [-0.2, 0) is 4.79 Å². The number of nitrogens with zero attached hydrogens (tertiary/aromatic N) is 1. The maximum Gasteiger partial charge on any atom is 0.254 e. The monoisotopic (exact) mass is 461 g/mol. The topological polar surface area (TPSA) is 61.4 Å². The molecule has 158 valence electrons. The van der Waals surface area contributed by atoms with E-state index in [2.05, 4.69) is 10.6 Å². The minimum atomic E-state index is -0.522. The van der Waals surface area contributed by atoms with Crippen LogP contribution in [0, 0.1) is 5.82 Å². The Kier molecular flexibility index (Phi) is 10.4. The Morgan fingerprint density at radius 2 is 1.66 bits per heavy atom. The van der Waals surface area contributed by atoms with Crippen molar-refractivity contribution in [1.82, 2.24) is 10.2 Å². The first-order chi connectivity index (χ1) is 13.0. The Morgan fingerprint density at radius 3 is 2.28 bits per heavy atom. The summed E-state index contributed by atoms with van der Waals surface area (Å²) in [5.41, 5.74) is 0.763. The highest BCUT2D eigenvalue weighted by atomic mass is 35.5. The predicted octanol–water partition coefficient (Wildman–Crippen LogP) is 4.16. The van der Waals surface area contributed by atoms with E-state index in [4.69, 9.17) is 11.6 Å². The van der Waals surface area contributed by atoms with Crippen molar-refractivity contribution in [2.75, 3.05) is 25.0 Å². The van der Waals surface area contributed by atoms with Crippen molar-refractivity contribution in [3.8, 4) is 0 Å². The van der Waals surface area contributed by atoms with E-state index in [-0.39, 0.29) is 48.9 Å². The zero-order chi connectivity index (χ0) is 19.2. The van der Waals surface area contributed by atoms with E-state index in [0.717, 1.165) is 0 Å². The molecule has 0 unspecified atom stereocenters. The fourth-order valence-electron chi connectivity index (χ4n) is 3.08. The second kappa shape index (κ2) is 12.0. The maximum atomic E-state index is 13.7. The van der Waals surface area contributed by atoms with Crippen LogP contribution in [0.15, 0.2) is 48.5 Å². The zero-order valence-corrected chi connectivity index (χ0v) is 18.0. The third-order valence-corrected chi connectivity index (χ3v) is 4.79. The Bertz CT molecular complexity index is 813. The summed E-state index contributed by atoms with van der Waals surface area (Å²) in [6, 6.07) is 12.9. The van der Waals surface area contributed by atoms with Gasteiger partial charge >= 0.3 is 0 Å². The van der Waals surface area contributed by atoms with E-state index in [1.54, 1.807) is 36.4 Å². The maximum absolute atomic E-state index is 13.7. The molecule has 1 fully saturated rings. The van der Waals surface area contributed by atoms with Crippen LogP contribution in [0.5, 0.6) is 0 Å². The standard InChI is InChI=1S/C20H21ClFN3O2.2ClH/c21-14-5-7-15(8-6-14)23-19(26)13-25-11-9-16(10-12-25)24-20(27)17-3-1-2-4-18(17)22;;/h1-8,16H,9-13H2,(H,23,26)(H,24,27);2*1H. The van der Waals surface area contributed by atoms with Crippen LogP contribution >= 0.6 is 36.4 Å². The molecule has 1 heterocycles. The van der Waals surface area contributed by atoms with E-state index >= 15 is 0 Å². The Balaban J connectivity index is 0.00000210. The number of halogens is 4. The van der Waals surface area contributed by atoms with Gasteiger partial charge in [-0.3, -0.25) is 14.5 Å². The molecule has 0 aromatic heterocycles. The number of rotatable bonds is 5. The molecule has 0 spiro atoms. The van der Waals surface area contributed by atoms with Crippen LogP contribution in [0.3, 0.4) is 0 Å². The quantitative estimate of drug-likeness (QED) is 0.701. The van der Waals surface area contributed by atoms with Crippen LogP contribution < -0.4 is 10.6 Å². The highest BCUT2D eigenvalue weighted by Crippen LogP contribution is 2.15. The van der Waals surface area contributed by atoms with Gasteiger partial charge in [0, 0.05) is 29.8 Å². The SMILES string of the molecule is Cl.Cl.O=C(CN1CCC(NC(=O)c2ccccc2F)CC1)Nc1ccc(Cl)cc1. The van der Waals surface area contributed by atoms with Gasteiger partial charge in [-0.15, -0.1) is 24.8 Å². The Labute approximate surface area is 186 Å². The van der Waals surface area contributed by atoms with Crippen molar-refractivity contribution >= 4 is 53.9 Å². The molecule has 3 rings (SSSR count). The van der Waals surface area contributed by atoms with Crippen molar-refractivity contribution < 1.29 is 14.0 Å². The average Bonchev–Trinajstić information content (AvgIpc) is 2.65. The van der Waals surface area contributed by atoms with Crippen molar-refractivity contribution in [1.29, 1.82) is 0 Å². The number of likely N-dealkylation sites (tertiary alicyclic amines) is 1. The molecule has 29 heavy (non-hydrogen) atoms. The summed E-state index contributed by atoms with van der Waals surface area (Å²) in [7, 11) is 0. The molecule has 0 saturated carbocycles. The van der Waals surface area contributed by atoms with Crippen LogP contribution in [0.2, 0.25) is 5.02 Å². The van der Waals surface area contributed by atoms with Crippen molar-refractivity contribution in [3.63, 3.8) is 0 Å². The molecule has 0 atom stereocenters. The summed E-state index contributed by atoms with van der Waals surface area (Å²) in [5, 5.41) is 6.33. The van der Waals surface area contributed by atoms with Gasteiger partial charge in [0.05, 0.1) is 12.1 Å². The molecule has 5 nitrogen and oxygen atoms in total. The van der Waals surface area contributed by atoms with Crippen molar-refractivity contribution in [2.45, 2.75) is 18.9 Å². The summed E-state index contributed by atoms with van der Waals surface area (Å²) in [6.07, 6.45) is 1.43. The van der Waals surface area contributed by atoms with Gasteiger partial charge in [0.25, 0.3) is 5.91 Å². The van der Waals surface area contributed by atoms with Crippen LogP contribution in [-0.4, -0.2) is 42.4 Å². The van der Waals surface area contributed by atoms with E-state index in [9.17, 15) is 14.0 Å². The van der Waals surface area contributed by atoms with Crippen molar-refractivity contribution in [3.05, 3.63) is 64.9 Å². The van der Waals surface area contributed by atoms with Gasteiger partial charge < -0.3 is 10.6 Å². The fraction of sp³-hybridized carbons (Fsp3) is 0.300. The molecular formula is C20H23Cl3FN3O2. The van der Waals surface area contributed by atoms with Gasteiger partial charge in [-0.25, -0.2) is 4.39 Å². The highest BCUT2D eigenvalue weighted by Gasteiger charge is 2.23. The van der Waals surface area contributed by atoms with Gasteiger partial charge in [-0.2, -0.15) is 0 Å². The molecule has 2 aromatic carbocycles. The molecule has 1 aliphatic heterocycles. The number of carbonyl (C=O) groups excluding carboxylic acids is 2. The number of hydrogen-bond acceptors (Lipinski definition) is 3. The first kappa shape index (κ1) is 25.2. The third kappa shape index (κ3) is 7.48. The summed E-state index contributed by atoms with van der Waals surface area (Å²) in [4.78, 5) is 26.4. The van der Waals surface area contributed by atoms with Gasteiger partial charge in [-0.1, -0.05) is 23.7 Å². The lowest BCUT2D eigenvalue weighted by Gasteiger charge is -2.31. The molecule has 1 saturated heterocycles. The highest BCUT2D eigenvalue weighted by molar-refractivity contribution is 6.30. The molecule has 1 aliphatic rings. The number of piperidine rings is 1. The van der Waals surface area contributed by atoms with Gasteiger partial charge in [0.1, 0.15) is 5.82 Å². The Hall–Kier alpha value is -1.86. The smallest absolute Gasteiger partial charge is 0.254 e. The molecule has 0 aliphatic carbocycles. The zero-order valence-electron chi connectivity index (χ0n) is 15.6. The number of nitrogens with one attached hydrogen (secondary N) is 2. The van der Waals surface area contributed by atoms with Crippen LogP contribution in [0.25, 0.3) is 0 Å². The lowest BCUT2D eigenvalue weighted by molar-refractivity contribution is -0.117. The minimum absolute atomic E-state index is 0. The lowest BCUT2D eigenvalue weighted by atomic mass is 10.0. The van der Waals surface area contributed by atoms with E-state index in [0.29, 0.717) is 36.6 Å². The first-order valence-electron chi connectivity index (χ1n) is 8.84. The summed E-state index contributed by atoms with van der Waals surface area (Å²) < 4.78 is 13.7. The number of hydrogen-bond donors (Lipinski definition) is 2. The summed E-state index contributed by atoms with van der Waals surface area (Å²) in [6.45, 7) is 1.67. The first-order valence-corrected chi connectivity index (χ1v) is 9.22. The normalized spacial score (nSPS) is 14.3. The second-order valence-corrected chi connectivity index (χ2v) is 7.00. The number of carbonyl (C=O) groups is 2. The van der Waals surface area contributed by atoms with Gasteiger partial charge in [0.15, 0.2) is 0 Å². The third-order valence-electron chi connectivity index (χ3n) is 4.54. The van der Waals surface area contributed by atoms with Crippen molar-refractivity contribution in [2.24, 2.45) is 0 Å². The molecule has 0 radical (unpaired) electrons. The molecule has 0 bridgehead atoms. The summed E-state index contributed by atoms with van der Waals surface area (Å²) >= 11 is 5.83. The predicted molar refractivity (Wildman–Crippen MR) is 118 cm³/mol. The van der Waals surface area contributed by atoms with E-state index in [1.165, 1.54) is 12.1 Å². The number of benzene rings is 2. The van der Waals surface area contributed by atoms with E-state index in [1.807, 2.05) is 4.90 Å². The van der Waals surface area contributed by atoms with Gasteiger partial charge in [0.2, 0.25) is 5.91 Å². The average molecular weight is 463 g/mol.